The summed E-state index contributed by atoms with van der Waals surface area (Å²) in [5.41, 5.74) is 0. The molecule has 5 nitrogen and oxygen atoms in total. The minimum Gasteiger partial charge on any atom is -0.463 e. The van der Waals surface area contributed by atoms with Crippen LogP contribution in [0.3, 0.4) is 0 Å². The van der Waals surface area contributed by atoms with Crippen molar-refractivity contribution in [2.75, 3.05) is 26.9 Å². The highest BCUT2D eigenvalue weighted by Crippen LogP contribution is 1.84. The maximum atomic E-state index is 10.7. The fourth-order valence-electron chi connectivity index (χ4n) is 0.635. The van der Waals surface area contributed by atoms with Crippen LogP contribution in [0.4, 0.5) is 0 Å². The molecule has 14 heavy (non-hydrogen) atoms. The second kappa shape index (κ2) is 8.25. The van der Waals surface area contributed by atoms with Crippen LogP contribution >= 0.6 is 0 Å². The maximum absolute atomic E-state index is 10.7. The predicted octanol–water partition coefficient (Wildman–Crippen LogP) is 0.295. The summed E-state index contributed by atoms with van der Waals surface area (Å²) in [5.74, 6) is -0.920. The van der Waals surface area contributed by atoms with Crippen molar-refractivity contribution in [3.05, 3.63) is 12.2 Å². The van der Waals surface area contributed by atoms with E-state index in [0.29, 0.717) is 6.61 Å². The molecule has 80 valence electrons. The number of hydrogen-bond acceptors (Lipinski definition) is 5. The summed E-state index contributed by atoms with van der Waals surface area (Å²) in [7, 11) is 1.40. The normalized spacial score (nSPS) is 10.1. The lowest BCUT2D eigenvalue weighted by atomic mass is 10.5. The Bertz CT molecular complexity index is 209. The van der Waals surface area contributed by atoms with E-state index in [-0.39, 0.29) is 13.2 Å². The van der Waals surface area contributed by atoms with Gasteiger partial charge in [-0.2, -0.15) is 0 Å². The zero-order chi connectivity index (χ0) is 10.8. The molecule has 0 heterocycles. The van der Waals surface area contributed by atoms with Gasteiger partial charge in [0.1, 0.15) is 13.2 Å². The summed E-state index contributed by atoms with van der Waals surface area (Å²) in [6, 6.07) is 0. The van der Waals surface area contributed by atoms with Gasteiger partial charge in [0.2, 0.25) is 0 Å². The Morgan fingerprint density at radius 2 is 2.00 bits per heavy atom. The van der Waals surface area contributed by atoms with Crippen molar-refractivity contribution in [2.24, 2.45) is 0 Å². The van der Waals surface area contributed by atoms with Crippen LogP contribution in [0.15, 0.2) is 12.2 Å². The van der Waals surface area contributed by atoms with Gasteiger partial charge in [0, 0.05) is 13.2 Å². The molecule has 0 unspecified atom stereocenters. The smallest absolute Gasteiger partial charge is 0.332 e. The van der Waals surface area contributed by atoms with Gasteiger partial charge in [0.05, 0.1) is 6.61 Å². The van der Waals surface area contributed by atoms with Gasteiger partial charge in [-0.3, -0.25) is 0 Å². The number of carbonyl (C=O) groups is 2. The van der Waals surface area contributed by atoms with E-state index >= 15 is 0 Å². The molecule has 0 spiro atoms. The Balaban J connectivity index is 3.52. The van der Waals surface area contributed by atoms with Crippen molar-refractivity contribution in [2.45, 2.75) is 6.92 Å². The summed E-state index contributed by atoms with van der Waals surface area (Å²) in [4.78, 5) is 21.5. The number of carbonyl (C=O) groups excluding carboxylic acids is 2. The number of esters is 2. The molecule has 0 rings (SSSR count). The highest BCUT2D eigenvalue weighted by atomic mass is 16.6. The first-order valence-corrected chi connectivity index (χ1v) is 4.18. The Labute approximate surface area is 82.6 Å². The topological polar surface area (TPSA) is 61.8 Å². The number of methoxy groups -OCH3 is 1. The summed E-state index contributed by atoms with van der Waals surface area (Å²) >= 11 is 0. The van der Waals surface area contributed by atoms with Crippen LogP contribution in [0.1, 0.15) is 6.92 Å². The summed E-state index contributed by atoms with van der Waals surface area (Å²) in [6.07, 6.45) is 2.62. The van der Waals surface area contributed by atoms with Gasteiger partial charge in [-0.25, -0.2) is 9.59 Å². The SMILES string of the molecule is CCOC(=O)/C=C/COC(=O)COC. The Kier molecular flexibility index (Phi) is 7.45. The molecule has 0 saturated carbocycles. The molecule has 0 aromatic heterocycles. The van der Waals surface area contributed by atoms with E-state index in [0.717, 1.165) is 0 Å². The molecule has 0 radical (unpaired) electrons. The highest BCUT2D eigenvalue weighted by Gasteiger charge is 1.98. The predicted molar refractivity (Wildman–Crippen MR) is 48.6 cm³/mol. The lowest BCUT2D eigenvalue weighted by molar-refractivity contribution is -0.146. The van der Waals surface area contributed by atoms with E-state index in [1.54, 1.807) is 6.92 Å². The van der Waals surface area contributed by atoms with Crippen LogP contribution in [0, 0.1) is 0 Å². The number of ether oxygens (including phenoxy) is 3. The maximum Gasteiger partial charge on any atom is 0.332 e. The third kappa shape index (κ3) is 7.30. The van der Waals surface area contributed by atoms with E-state index < -0.39 is 11.9 Å². The molecule has 0 bridgehead atoms. The second-order valence-electron chi connectivity index (χ2n) is 2.27. The minimum absolute atomic E-state index is 0.0427. The lowest BCUT2D eigenvalue weighted by Crippen LogP contribution is -2.11. The average Bonchev–Trinajstić information content (AvgIpc) is 2.13. The Hall–Kier alpha value is -1.36. The average molecular weight is 202 g/mol. The number of rotatable bonds is 6. The molecule has 0 aromatic rings. The third-order valence-electron chi connectivity index (χ3n) is 1.14. The molecule has 0 atom stereocenters. The van der Waals surface area contributed by atoms with Gasteiger partial charge >= 0.3 is 11.9 Å². The van der Waals surface area contributed by atoms with Gasteiger partial charge in [-0.15, -0.1) is 0 Å². The molecular formula is C9H14O5. The van der Waals surface area contributed by atoms with Crippen LogP contribution in [0.5, 0.6) is 0 Å². The standard InChI is InChI=1S/C9H14O5/c1-3-13-8(10)5-4-6-14-9(11)7-12-2/h4-5H,3,6-7H2,1-2H3/b5-4+. The molecule has 0 aliphatic heterocycles. The highest BCUT2D eigenvalue weighted by molar-refractivity contribution is 5.81. The van der Waals surface area contributed by atoms with E-state index in [4.69, 9.17) is 0 Å². The van der Waals surface area contributed by atoms with Gasteiger partial charge < -0.3 is 14.2 Å². The van der Waals surface area contributed by atoms with Gasteiger partial charge in [-0.05, 0) is 13.0 Å². The van der Waals surface area contributed by atoms with Gasteiger partial charge in [-0.1, -0.05) is 0 Å². The summed E-state index contributed by atoms with van der Waals surface area (Å²) in [5, 5.41) is 0. The fourth-order valence-corrected chi connectivity index (χ4v) is 0.635. The van der Waals surface area contributed by atoms with Crippen molar-refractivity contribution in [1.82, 2.24) is 0 Å². The molecule has 0 saturated heterocycles. The van der Waals surface area contributed by atoms with Crippen LogP contribution in [0.25, 0.3) is 0 Å². The zero-order valence-corrected chi connectivity index (χ0v) is 8.32. The molecule has 0 aliphatic carbocycles. The monoisotopic (exact) mass is 202 g/mol. The Morgan fingerprint density at radius 1 is 1.29 bits per heavy atom. The van der Waals surface area contributed by atoms with Gasteiger partial charge in [0.25, 0.3) is 0 Å². The van der Waals surface area contributed by atoms with Crippen molar-refractivity contribution in [1.29, 1.82) is 0 Å². The lowest BCUT2D eigenvalue weighted by Gasteiger charge is -1.99. The summed E-state index contributed by atoms with van der Waals surface area (Å²) in [6.45, 7) is 1.99. The zero-order valence-electron chi connectivity index (χ0n) is 8.32. The van der Waals surface area contributed by atoms with E-state index in [1.807, 2.05) is 0 Å². The molecule has 0 aliphatic rings. The van der Waals surface area contributed by atoms with Crippen molar-refractivity contribution >= 4 is 11.9 Å². The Morgan fingerprint density at radius 3 is 2.57 bits per heavy atom. The van der Waals surface area contributed by atoms with Crippen LogP contribution in [-0.2, 0) is 23.8 Å². The van der Waals surface area contributed by atoms with E-state index in [9.17, 15) is 9.59 Å². The van der Waals surface area contributed by atoms with Crippen molar-refractivity contribution in [3.8, 4) is 0 Å². The molecule has 0 N–H and O–H groups in total. The van der Waals surface area contributed by atoms with Crippen LogP contribution in [0.2, 0.25) is 0 Å². The first-order chi connectivity index (χ1) is 6.70. The van der Waals surface area contributed by atoms with Crippen molar-refractivity contribution in [3.63, 3.8) is 0 Å². The van der Waals surface area contributed by atoms with Gasteiger partial charge in [0.15, 0.2) is 0 Å². The number of hydrogen-bond donors (Lipinski definition) is 0. The second-order valence-corrected chi connectivity index (χ2v) is 2.27. The van der Waals surface area contributed by atoms with E-state index in [2.05, 4.69) is 14.2 Å². The molecule has 0 amide bonds. The first-order valence-electron chi connectivity index (χ1n) is 4.18. The largest absolute Gasteiger partial charge is 0.463 e. The minimum atomic E-state index is -0.471. The fraction of sp³-hybridized carbons (Fsp3) is 0.556. The first kappa shape index (κ1) is 12.6. The quantitative estimate of drug-likeness (QED) is 0.457. The summed E-state index contributed by atoms with van der Waals surface area (Å²) < 4.78 is 13.8. The third-order valence-corrected chi connectivity index (χ3v) is 1.14. The molecule has 0 fully saturated rings. The van der Waals surface area contributed by atoms with Crippen LogP contribution in [-0.4, -0.2) is 38.9 Å². The van der Waals surface area contributed by atoms with Crippen molar-refractivity contribution < 1.29 is 23.8 Å². The van der Waals surface area contributed by atoms with E-state index in [1.165, 1.54) is 19.3 Å². The molecular weight excluding hydrogens is 188 g/mol. The van der Waals surface area contributed by atoms with Crippen LogP contribution < -0.4 is 0 Å². The molecule has 5 heteroatoms. The molecule has 0 aromatic carbocycles.